The maximum atomic E-state index is 11.9. The highest BCUT2D eigenvalue weighted by Crippen LogP contribution is 2.19. The molecule has 2 rings (SSSR count). The Labute approximate surface area is 125 Å². The Hall–Kier alpha value is -1.96. The minimum absolute atomic E-state index is 0.0927. The van der Waals surface area contributed by atoms with Crippen LogP contribution in [0.4, 0.5) is 23.7 Å². The van der Waals surface area contributed by atoms with Crippen LogP contribution in [0.2, 0.25) is 0 Å². The highest BCUT2D eigenvalue weighted by molar-refractivity contribution is 5.84. The molecule has 0 saturated carbocycles. The number of hydrogen-bond donors (Lipinski definition) is 1. The molecule has 1 aliphatic rings. The molecule has 1 saturated heterocycles. The maximum Gasteiger partial charge on any atom is 0.422 e. The summed E-state index contributed by atoms with van der Waals surface area (Å²) in [5.41, 5.74) is 0.316. The van der Waals surface area contributed by atoms with Gasteiger partial charge < -0.3 is 14.2 Å². The zero-order valence-corrected chi connectivity index (χ0v) is 11.7. The molecule has 0 aliphatic carbocycles. The first-order valence-electron chi connectivity index (χ1n) is 6.77. The van der Waals surface area contributed by atoms with Gasteiger partial charge in [-0.05, 0) is 37.1 Å². The number of ether oxygens (including phenoxy) is 3. The second-order valence-corrected chi connectivity index (χ2v) is 4.79. The molecule has 1 N–H and O–H groups in total. The molecule has 0 spiro atoms. The molecular formula is C14H16F3NO4. The van der Waals surface area contributed by atoms with Gasteiger partial charge in [0, 0.05) is 12.3 Å². The standard InChI is InChI=1S/C14H16F3NO4/c15-14(16,17)9-22-13(19)18-10-3-5-11(6-4-10)21-8-12-2-1-7-20-12/h3-6,12H,1-2,7-9H2,(H,18,19). The van der Waals surface area contributed by atoms with E-state index < -0.39 is 18.9 Å². The number of carbonyl (C=O) groups is 1. The first kappa shape index (κ1) is 16.4. The molecule has 1 amide bonds. The summed E-state index contributed by atoms with van der Waals surface area (Å²) < 4.78 is 50.6. The zero-order chi connectivity index (χ0) is 16.0. The third kappa shape index (κ3) is 5.80. The Kier molecular flexibility index (Phi) is 5.48. The summed E-state index contributed by atoms with van der Waals surface area (Å²) in [6.07, 6.45) is -3.63. The summed E-state index contributed by atoms with van der Waals surface area (Å²) in [5.74, 6) is 0.588. The highest BCUT2D eigenvalue weighted by Gasteiger charge is 2.29. The van der Waals surface area contributed by atoms with Gasteiger partial charge in [-0.25, -0.2) is 4.79 Å². The van der Waals surface area contributed by atoms with Crippen LogP contribution in [-0.4, -0.2) is 38.2 Å². The van der Waals surface area contributed by atoms with E-state index in [9.17, 15) is 18.0 Å². The second-order valence-electron chi connectivity index (χ2n) is 4.79. The van der Waals surface area contributed by atoms with Gasteiger partial charge in [0.1, 0.15) is 12.4 Å². The molecule has 1 fully saturated rings. The van der Waals surface area contributed by atoms with Crippen molar-refractivity contribution in [3.05, 3.63) is 24.3 Å². The SMILES string of the molecule is O=C(Nc1ccc(OCC2CCCO2)cc1)OCC(F)(F)F. The molecule has 1 aromatic carbocycles. The summed E-state index contributed by atoms with van der Waals surface area (Å²) in [4.78, 5) is 11.2. The van der Waals surface area contributed by atoms with Crippen LogP contribution in [0.25, 0.3) is 0 Å². The number of alkyl halides is 3. The monoisotopic (exact) mass is 319 g/mol. The Morgan fingerprint density at radius 2 is 2.05 bits per heavy atom. The van der Waals surface area contributed by atoms with E-state index in [1.165, 1.54) is 12.1 Å². The number of rotatable bonds is 5. The lowest BCUT2D eigenvalue weighted by atomic mass is 10.2. The Bertz CT molecular complexity index is 484. The van der Waals surface area contributed by atoms with Crippen LogP contribution in [0.5, 0.6) is 5.75 Å². The van der Waals surface area contributed by atoms with Crippen LogP contribution in [0, 0.1) is 0 Å². The Morgan fingerprint density at radius 3 is 2.64 bits per heavy atom. The molecule has 0 bridgehead atoms. The molecule has 0 radical (unpaired) electrons. The lowest BCUT2D eigenvalue weighted by Crippen LogP contribution is -2.23. The van der Waals surface area contributed by atoms with Gasteiger partial charge in [-0.3, -0.25) is 5.32 Å². The van der Waals surface area contributed by atoms with Crippen molar-refractivity contribution in [3.8, 4) is 5.75 Å². The topological polar surface area (TPSA) is 56.8 Å². The molecule has 8 heteroatoms. The van der Waals surface area contributed by atoms with Crippen molar-refractivity contribution in [1.82, 2.24) is 0 Å². The summed E-state index contributed by atoms with van der Waals surface area (Å²) >= 11 is 0. The lowest BCUT2D eigenvalue weighted by molar-refractivity contribution is -0.159. The van der Waals surface area contributed by atoms with Crippen LogP contribution >= 0.6 is 0 Å². The molecule has 0 aromatic heterocycles. The predicted molar refractivity (Wildman–Crippen MR) is 71.9 cm³/mol. The first-order chi connectivity index (χ1) is 10.4. The van der Waals surface area contributed by atoms with Crippen LogP contribution in [0.3, 0.4) is 0 Å². The number of amides is 1. The third-order valence-electron chi connectivity index (χ3n) is 2.93. The molecule has 1 heterocycles. The van der Waals surface area contributed by atoms with E-state index in [-0.39, 0.29) is 6.10 Å². The van der Waals surface area contributed by atoms with Crippen molar-refractivity contribution in [2.45, 2.75) is 25.1 Å². The number of benzene rings is 1. The summed E-state index contributed by atoms with van der Waals surface area (Å²) in [6, 6.07) is 6.24. The van der Waals surface area contributed by atoms with E-state index in [4.69, 9.17) is 9.47 Å². The minimum atomic E-state index is -4.54. The predicted octanol–water partition coefficient (Wildman–Crippen LogP) is 3.36. The van der Waals surface area contributed by atoms with E-state index >= 15 is 0 Å². The summed E-state index contributed by atoms with van der Waals surface area (Å²) in [5, 5.41) is 2.20. The number of hydrogen-bond acceptors (Lipinski definition) is 4. The molecular weight excluding hydrogens is 303 g/mol. The number of carbonyl (C=O) groups excluding carboxylic acids is 1. The van der Waals surface area contributed by atoms with E-state index in [0.717, 1.165) is 19.4 Å². The van der Waals surface area contributed by atoms with Gasteiger partial charge in [-0.2, -0.15) is 13.2 Å². The van der Waals surface area contributed by atoms with Gasteiger partial charge >= 0.3 is 12.3 Å². The quantitative estimate of drug-likeness (QED) is 0.904. The average molecular weight is 319 g/mol. The Morgan fingerprint density at radius 1 is 1.32 bits per heavy atom. The van der Waals surface area contributed by atoms with Gasteiger partial charge in [-0.15, -0.1) is 0 Å². The highest BCUT2D eigenvalue weighted by atomic mass is 19.4. The number of halogens is 3. The van der Waals surface area contributed by atoms with E-state index in [1.54, 1.807) is 12.1 Å². The fraction of sp³-hybridized carbons (Fsp3) is 0.500. The fourth-order valence-electron chi connectivity index (χ4n) is 1.90. The molecule has 5 nitrogen and oxygen atoms in total. The van der Waals surface area contributed by atoms with Crippen molar-refractivity contribution in [2.24, 2.45) is 0 Å². The number of nitrogens with one attached hydrogen (secondary N) is 1. The molecule has 122 valence electrons. The van der Waals surface area contributed by atoms with Crippen LogP contribution in [0.15, 0.2) is 24.3 Å². The largest absolute Gasteiger partial charge is 0.491 e. The van der Waals surface area contributed by atoms with Crippen molar-refractivity contribution in [2.75, 3.05) is 25.1 Å². The molecule has 1 atom stereocenters. The van der Waals surface area contributed by atoms with Crippen LogP contribution in [-0.2, 0) is 9.47 Å². The van der Waals surface area contributed by atoms with Gasteiger partial charge in [0.15, 0.2) is 6.61 Å². The zero-order valence-electron chi connectivity index (χ0n) is 11.7. The normalized spacial score (nSPS) is 18.0. The van der Waals surface area contributed by atoms with E-state index in [2.05, 4.69) is 10.1 Å². The first-order valence-corrected chi connectivity index (χ1v) is 6.77. The van der Waals surface area contributed by atoms with Gasteiger partial charge in [0.05, 0.1) is 6.10 Å². The third-order valence-corrected chi connectivity index (χ3v) is 2.93. The molecule has 1 aromatic rings. The summed E-state index contributed by atoms with van der Waals surface area (Å²) in [6.45, 7) is -0.432. The van der Waals surface area contributed by atoms with Gasteiger partial charge in [0.25, 0.3) is 0 Å². The molecule has 22 heavy (non-hydrogen) atoms. The van der Waals surface area contributed by atoms with Crippen molar-refractivity contribution in [1.29, 1.82) is 0 Å². The van der Waals surface area contributed by atoms with Crippen molar-refractivity contribution in [3.63, 3.8) is 0 Å². The molecule has 1 unspecified atom stereocenters. The Balaban J connectivity index is 1.74. The van der Waals surface area contributed by atoms with Crippen LogP contribution in [0.1, 0.15) is 12.8 Å². The summed E-state index contributed by atoms with van der Waals surface area (Å²) in [7, 11) is 0. The van der Waals surface area contributed by atoms with Gasteiger partial charge in [0.2, 0.25) is 0 Å². The van der Waals surface area contributed by atoms with Crippen molar-refractivity contribution < 1.29 is 32.2 Å². The fourth-order valence-corrected chi connectivity index (χ4v) is 1.90. The van der Waals surface area contributed by atoms with Gasteiger partial charge in [-0.1, -0.05) is 0 Å². The van der Waals surface area contributed by atoms with Crippen molar-refractivity contribution >= 4 is 11.8 Å². The van der Waals surface area contributed by atoms with Crippen LogP contribution < -0.4 is 10.1 Å². The van der Waals surface area contributed by atoms with E-state index in [1.807, 2.05) is 0 Å². The second kappa shape index (κ2) is 7.35. The smallest absolute Gasteiger partial charge is 0.422 e. The van der Waals surface area contributed by atoms with E-state index in [0.29, 0.717) is 18.0 Å². The number of anilines is 1. The minimum Gasteiger partial charge on any atom is -0.491 e. The lowest BCUT2D eigenvalue weighted by Gasteiger charge is -2.12. The average Bonchev–Trinajstić information content (AvgIpc) is 2.97. The molecule has 1 aliphatic heterocycles. The maximum absolute atomic E-state index is 11.9.